The van der Waals surface area contributed by atoms with Crippen molar-refractivity contribution in [2.75, 3.05) is 11.9 Å². The molecule has 0 radical (unpaired) electrons. The maximum absolute atomic E-state index is 3.36. The van der Waals surface area contributed by atoms with E-state index in [9.17, 15) is 0 Å². The minimum atomic E-state index is 0.271. The Kier molecular flexibility index (Phi) is 4.77. The number of aryl methyl sites for hydroxylation is 1. The molecule has 1 N–H and O–H groups in total. The summed E-state index contributed by atoms with van der Waals surface area (Å²) in [7, 11) is 0. The van der Waals surface area contributed by atoms with Crippen molar-refractivity contribution < 1.29 is 0 Å². The maximum atomic E-state index is 3.36. The van der Waals surface area contributed by atoms with Crippen molar-refractivity contribution in [3.05, 3.63) is 101 Å². The van der Waals surface area contributed by atoms with Crippen LogP contribution in [0.3, 0.4) is 0 Å². The summed E-state index contributed by atoms with van der Waals surface area (Å²) in [4.78, 5) is 0. The van der Waals surface area contributed by atoms with Crippen molar-refractivity contribution in [2.24, 2.45) is 0 Å². The van der Waals surface area contributed by atoms with Crippen LogP contribution in [-0.2, 0) is 0 Å². The molecule has 0 fully saturated rings. The van der Waals surface area contributed by atoms with E-state index >= 15 is 0 Å². The summed E-state index contributed by atoms with van der Waals surface area (Å²) in [6, 6.07) is 28.4. The smallest absolute Gasteiger partial charge is 0.0340 e. The Morgan fingerprint density at radius 3 is 1.78 bits per heavy atom. The van der Waals surface area contributed by atoms with Crippen LogP contribution in [0.4, 0.5) is 5.69 Å². The van der Waals surface area contributed by atoms with E-state index in [1.54, 1.807) is 0 Å². The second kappa shape index (κ2) is 7.15. The molecule has 0 amide bonds. The minimum Gasteiger partial charge on any atom is -0.385 e. The van der Waals surface area contributed by atoms with Gasteiger partial charge in [-0.1, -0.05) is 72.3 Å². The average molecular weight is 301 g/mol. The number of hydrogen-bond acceptors (Lipinski definition) is 1. The zero-order chi connectivity index (χ0) is 16.1. The Morgan fingerprint density at radius 1 is 0.696 bits per heavy atom. The van der Waals surface area contributed by atoms with Crippen LogP contribution in [0.2, 0.25) is 0 Å². The molecule has 1 atom stereocenters. The Balaban J connectivity index is 2.03. The fraction of sp³-hybridized carbons (Fsp3) is 0.182. The van der Waals surface area contributed by atoms with Gasteiger partial charge in [-0.2, -0.15) is 0 Å². The maximum Gasteiger partial charge on any atom is 0.0340 e. The van der Waals surface area contributed by atoms with Crippen molar-refractivity contribution in [2.45, 2.75) is 19.8 Å². The molecular weight excluding hydrogens is 278 g/mol. The number of benzene rings is 3. The summed E-state index contributed by atoms with van der Waals surface area (Å²) >= 11 is 0. The second-order valence-electron chi connectivity index (χ2n) is 5.91. The van der Waals surface area contributed by atoms with Gasteiger partial charge in [0.15, 0.2) is 0 Å². The van der Waals surface area contributed by atoms with Crippen LogP contribution in [0.1, 0.15) is 35.1 Å². The number of hydrogen-bond donors (Lipinski definition) is 1. The lowest BCUT2D eigenvalue weighted by atomic mass is 9.85. The first-order valence-corrected chi connectivity index (χ1v) is 8.23. The van der Waals surface area contributed by atoms with Crippen molar-refractivity contribution >= 4 is 5.69 Å². The summed E-state index contributed by atoms with van der Waals surface area (Å²) in [5.41, 5.74) is 6.45. The Bertz CT molecular complexity index is 727. The van der Waals surface area contributed by atoms with Gasteiger partial charge in [0, 0.05) is 18.2 Å². The van der Waals surface area contributed by atoms with Crippen LogP contribution in [0.25, 0.3) is 0 Å². The molecule has 0 saturated carbocycles. The molecule has 0 aliphatic heterocycles. The van der Waals surface area contributed by atoms with Gasteiger partial charge in [0.2, 0.25) is 0 Å². The molecule has 0 saturated heterocycles. The zero-order valence-electron chi connectivity index (χ0n) is 13.8. The van der Waals surface area contributed by atoms with Crippen LogP contribution in [0.15, 0.2) is 78.9 Å². The first-order valence-electron chi connectivity index (χ1n) is 8.23. The molecule has 3 aromatic rings. The van der Waals surface area contributed by atoms with Gasteiger partial charge in [0.1, 0.15) is 0 Å². The van der Waals surface area contributed by atoms with E-state index in [1.165, 1.54) is 27.9 Å². The van der Waals surface area contributed by atoms with Gasteiger partial charge in [0.25, 0.3) is 0 Å². The third kappa shape index (κ3) is 3.62. The van der Waals surface area contributed by atoms with Crippen LogP contribution in [0.5, 0.6) is 0 Å². The van der Waals surface area contributed by atoms with Gasteiger partial charge in [0.05, 0.1) is 0 Å². The van der Waals surface area contributed by atoms with Gasteiger partial charge < -0.3 is 5.32 Å². The van der Waals surface area contributed by atoms with Crippen LogP contribution >= 0.6 is 0 Å². The number of anilines is 1. The van der Waals surface area contributed by atoms with Gasteiger partial charge in [-0.15, -0.1) is 0 Å². The Hall–Kier alpha value is -2.54. The Morgan fingerprint density at radius 2 is 1.22 bits per heavy atom. The van der Waals surface area contributed by atoms with E-state index in [4.69, 9.17) is 0 Å². The normalized spacial score (nSPS) is 11.9. The lowest BCUT2D eigenvalue weighted by molar-refractivity contribution is 0.976. The summed E-state index contributed by atoms with van der Waals surface area (Å²) in [5, 5.41) is 3.36. The van der Waals surface area contributed by atoms with Gasteiger partial charge >= 0.3 is 0 Å². The largest absolute Gasteiger partial charge is 0.385 e. The van der Waals surface area contributed by atoms with E-state index in [-0.39, 0.29) is 5.92 Å². The van der Waals surface area contributed by atoms with Gasteiger partial charge in [-0.25, -0.2) is 0 Å². The molecule has 116 valence electrons. The van der Waals surface area contributed by atoms with Crippen molar-refractivity contribution in [3.63, 3.8) is 0 Å². The first-order chi connectivity index (χ1) is 11.3. The van der Waals surface area contributed by atoms with Crippen molar-refractivity contribution in [1.82, 2.24) is 0 Å². The average Bonchev–Trinajstić information content (AvgIpc) is 2.60. The molecule has 1 heteroatoms. The highest BCUT2D eigenvalue weighted by atomic mass is 14.8. The third-order valence-electron chi connectivity index (χ3n) is 4.17. The summed E-state index contributed by atoms with van der Waals surface area (Å²) < 4.78 is 0. The summed E-state index contributed by atoms with van der Waals surface area (Å²) in [6.45, 7) is 5.19. The predicted octanol–water partition coefficient (Wildman–Crippen LogP) is 5.61. The molecule has 0 aromatic heterocycles. The molecule has 3 aromatic carbocycles. The molecule has 0 aliphatic carbocycles. The monoisotopic (exact) mass is 301 g/mol. The van der Waals surface area contributed by atoms with Crippen LogP contribution < -0.4 is 5.32 Å². The Labute approximate surface area is 139 Å². The molecule has 0 bridgehead atoms. The fourth-order valence-electron chi connectivity index (χ4n) is 2.98. The minimum absolute atomic E-state index is 0.271. The van der Waals surface area contributed by atoms with E-state index in [2.05, 4.69) is 98.0 Å². The highest BCUT2D eigenvalue weighted by Gasteiger charge is 2.16. The molecule has 0 heterocycles. The highest BCUT2D eigenvalue weighted by Crippen LogP contribution is 2.32. The van der Waals surface area contributed by atoms with E-state index in [0.717, 1.165) is 6.54 Å². The SMILES string of the molecule is CCNc1ccc(C(c2ccccc2)c2ccc(C)cc2)cc1. The van der Waals surface area contributed by atoms with E-state index in [0.29, 0.717) is 0 Å². The molecule has 3 rings (SSSR count). The lowest BCUT2D eigenvalue weighted by Crippen LogP contribution is -2.04. The zero-order valence-corrected chi connectivity index (χ0v) is 13.8. The molecule has 23 heavy (non-hydrogen) atoms. The molecule has 0 spiro atoms. The third-order valence-corrected chi connectivity index (χ3v) is 4.17. The van der Waals surface area contributed by atoms with Crippen molar-refractivity contribution in [1.29, 1.82) is 0 Å². The molecule has 1 nitrogen and oxygen atoms in total. The molecule has 0 aliphatic rings. The first kappa shape index (κ1) is 15.4. The fourth-order valence-corrected chi connectivity index (χ4v) is 2.98. The number of rotatable bonds is 5. The standard InChI is InChI=1S/C22H23N/c1-3-23-21-15-13-20(14-16-21)22(18-7-5-4-6-8-18)19-11-9-17(2)10-12-19/h4-16,22-23H,3H2,1-2H3. The summed E-state index contributed by atoms with van der Waals surface area (Å²) in [5.74, 6) is 0.271. The van der Waals surface area contributed by atoms with Gasteiger partial charge in [-0.3, -0.25) is 0 Å². The van der Waals surface area contributed by atoms with Gasteiger partial charge in [-0.05, 0) is 42.7 Å². The van der Waals surface area contributed by atoms with E-state index < -0.39 is 0 Å². The van der Waals surface area contributed by atoms with Crippen molar-refractivity contribution in [3.8, 4) is 0 Å². The number of nitrogens with one attached hydrogen (secondary N) is 1. The van der Waals surface area contributed by atoms with Crippen LogP contribution in [-0.4, -0.2) is 6.54 Å². The topological polar surface area (TPSA) is 12.0 Å². The van der Waals surface area contributed by atoms with E-state index in [1.807, 2.05) is 0 Å². The van der Waals surface area contributed by atoms with Crippen LogP contribution in [0, 0.1) is 6.92 Å². The lowest BCUT2D eigenvalue weighted by Gasteiger charge is -2.19. The summed E-state index contributed by atoms with van der Waals surface area (Å²) in [6.07, 6.45) is 0. The predicted molar refractivity (Wildman–Crippen MR) is 99.2 cm³/mol. The quantitative estimate of drug-likeness (QED) is 0.604. The molecular formula is C22H23N. The highest BCUT2D eigenvalue weighted by molar-refractivity contribution is 5.49. The molecule has 1 unspecified atom stereocenters. The second-order valence-corrected chi connectivity index (χ2v) is 5.91.